The standard InChI is InChI=1S/C31H38NO/c1-19-10-12-21-26-24(15-13-22-27(26)31(7,8)17-16-30(22,5)6)33-28(21)25(19)23-14-11-20(18-32(23)9)29(2,3)4/h10-15,18H,16-17H2,1-9H3/q+1. The normalized spacial score (nSPS) is 17.5. The van der Waals surface area contributed by atoms with Crippen LogP contribution in [0.3, 0.4) is 0 Å². The van der Waals surface area contributed by atoms with Crippen molar-refractivity contribution in [2.24, 2.45) is 7.05 Å². The first-order valence-corrected chi connectivity index (χ1v) is 12.3. The van der Waals surface area contributed by atoms with E-state index in [9.17, 15) is 0 Å². The van der Waals surface area contributed by atoms with Crippen LogP contribution in [0.1, 0.15) is 83.6 Å². The largest absolute Gasteiger partial charge is 0.455 e. The molecule has 2 heterocycles. The van der Waals surface area contributed by atoms with Crippen LogP contribution in [0.15, 0.2) is 47.0 Å². The molecule has 0 aliphatic heterocycles. The lowest BCUT2D eigenvalue weighted by Crippen LogP contribution is -2.33. The number of furan rings is 1. The van der Waals surface area contributed by atoms with E-state index in [0.717, 1.165) is 11.2 Å². The summed E-state index contributed by atoms with van der Waals surface area (Å²) in [5, 5.41) is 2.56. The number of aromatic nitrogens is 1. The number of rotatable bonds is 1. The van der Waals surface area contributed by atoms with E-state index in [4.69, 9.17) is 4.42 Å². The van der Waals surface area contributed by atoms with E-state index in [1.54, 1.807) is 0 Å². The van der Waals surface area contributed by atoms with Crippen molar-refractivity contribution in [3.63, 3.8) is 0 Å². The third kappa shape index (κ3) is 3.33. The van der Waals surface area contributed by atoms with E-state index in [-0.39, 0.29) is 16.2 Å². The van der Waals surface area contributed by atoms with Crippen LogP contribution in [0.2, 0.25) is 0 Å². The predicted molar refractivity (Wildman–Crippen MR) is 139 cm³/mol. The summed E-state index contributed by atoms with van der Waals surface area (Å²) >= 11 is 0. The van der Waals surface area contributed by atoms with Gasteiger partial charge in [0.2, 0.25) is 5.69 Å². The van der Waals surface area contributed by atoms with Crippen molar-refractivity contribution in [2.75, 3.05) is 0 Å². The topological polar surface area (TPSA) is 17.0 Å². The molecule has 0 saturated heterocycles. The molecule has 2 heteroatoms. The molecule has 0 atom stereocenters. The van der Waals surface area contributed by atoms with Crippen molar-refractivity contribution in [3.8, 4) is 11.3 Å². The van der Waals surface area contributed by atoms with Gasteiger partial charge in [-0.25, -0.2) is 4.57 Å². The lowest BCUT2D eigenvalue weighted by Gasteiger charge is -2.42. The van der Waals surface area contributed by atoms with Crippen LogP contribution in [0, 0.1) is 6.92 Å². The summed E-state index contributed by atoms with van der Waals surface area (Å²) in [7, 11) is 2.15. The summed E-state index contributed by atoms with van der Waals surface area (Å²) < 4.78 is 8.95. The Labute approximate surface area is 198 Å². The maximum absolute atomic E-state index is 6.69. The smallest absolute Gasteiger partial charge is 0.216 e. The quantitative estimate of drug-likeness (QED) is 0.274. The number of fused-ring (bicyclic) bond motifs is 5. The number of hydrogen-bond donors (Lipinski definition) is 0. The second-order valence-corrected chi connectivity index (χ2v) is 12.5. The molecular formula is C31H38NO+. The molecule has 5 rings (SSSR count). The van der Waals surface area contributed by atoms with Crippen LogP contribution < -0.4 is 4.57 Å². The van der Waals surface area contributed by atoms with Crippen LogP contribution in [0.4, 0.5) is 0 Å². The Hall–Kier alpha value is -2.61. The predicted octanol–water partition coefficient (Wildman–Crippen LogP) is 8.03. The van der Waals surface area contributed by atoms with Gasteiger partial charge in [-0.05, 0) is 64.8 Å². The van der Waals surface area contributed by atoms with Gasteiger partial charge >= 0.3 is 0 Å². The van der Waals surface area contributed by atoms with Crippen LogP contribution in [-0.2, 0) is 23.3 Å². The van der Waals surface area contributed by atoms with E-state index >= 15 is 0 Å². The average molecular weight is 441 g/mol. The van der Waals surface area contributed by atoms with E-state index in [2.05, 4.69) is 110 Å². The Morgan fingerprint density at radius 3 is 2.24 bits per heavy atom. The molecule has 2 aromatic heterocycles. The van der Waals surface area contributed by atoms with Crippen molar-refractivity contribution >= 4 is 21.9 Å². The summed E-state index contributed by atoms with van der Waals surface area (Å²) in [6.07, 6.45) is 4.68. The first-order chi connectivity index (χ1) is 15.3. The molecule has 1 aliphatic rings. The Kier molecular flexibility index (Phi) is 4.67. The number of hydrogen-bond acceptors (Lipinski definition) is 1. The Bertz CT molecular complexity index is 1410. The van der Waals surface area contributed by atoms with Crippen molar-refractivity contribution in [1.29, 1.82) is 0 Å². The summed E-state index contributed by atoms with van der Waals surface area (Å²) in [6, 6.07) is 13.6. The molecule has 2 nitrogen and oxygen atoms in total. The van der Waals surface area contributed by atoms with Gasteiger partial charge in [0.05, 0.1) is 5.56 Å². The summed E-state index contributed by atoms with van der Waals surface area (Å²) in [5.74, 6) is 0. The highest BCUT2D eigenvalue weighted by atomic mass is 16.3. The maximum Gasteiger partial charge on any atom is 0.216 e. The fraction of sp³-hybridized carbons (Fsp3) is 0.452. The van der Waals surface area contributed by atoms with Gasteiger partial charge in [-0.2, -0.15) is 0 Å². The van der Waals surface area contributed by atoms with Gasteiger partial charge in [0.25, 0.3) is 0 Å². The van der Waals surface area contributed by atoms with E-state index in [0.29, 0.717) is 0 Å². The number of benzene rings is 2. The molecule has 1 aliphatic carbocycles. The van der Waals surface area contributed by atoms with Gasteiger partial charge in [-0.1, -0.05) is 66.7 Å². The van der Waals surface area contributed by atoms with E-state index < -0.39 is 0 Å². The minimum absolute atomic E-state index is 0.119. The minimum Gasteiger partial charge on any atom is -0.455 e. The van der Waals surface area contributed by atoms with Crippen molar-refractivity contribution in [1.82, 2.24) is 0 Å². The molecule has 0 amide bonds. The monoisotopic (exact) mass is 440 g/mol. The van der Waals surface area contributed by atoms with Crippen LogP contribution in [0.25, 0.3) is 33.2 Å². The molecule has 0 radical (unpaired) electrons. The summed E-state index contributed by atoms with van der Waals surface area (Å²) in [4.78, 5) is 0. The molecule has 0 fully saturated rings. The molecule has 4 aromatic rings. The van der Waals surface area contributed by atoms with E-state index in [1.807, 2.05) is 0 Å². The first kappa shape index (κ1) is 22.2. The second kappa shape index (κ2) is 6.95. The van der Waals surface area contributed by atoms with Crippen LogP contribution in [-0.4, -0.2) is 0 Å². The highest BCUT2D eigenvalue weighted by molar-refractivity contribution is 6.12. The van der Waals surface area contributed by atoms with Crippen molar-refractivity contribution < 1.29 is 8.98 Å². The zero-order chi connectivity index (χ0) is 23.9. The maximum atomic E-state index is 6.69. The lowest BCUT2D eigenvalue weighted by atomic mass is 9.62. The number of nitrogens with zero attached hydrogens (tertiary/aromatic N) is 1. The van der Waals surface area contributed by atoms with Gasteiger partial charge in [-0.3, -0.25) is 0 Å². The molecule has 0 N–H and O–H groups in total. The molecule has 172 valence electrons. The Morgan fingerprint density at radius 2 is 1.58 bits per heavy atom. The molecule has 0 spiro atoms. The second-order valence-electron chi connectivity index (χ2n) is 12.5. The molecular weight excluding hydrogens is 402 g/mol. The summed E-state index contributed by atoms with van der Waals surface area (Å²) in [6.45, 7) is 18.6. The fourth-order valence-corrected chi connectivity index (χ4v) is 5.81. The highest BCUT2D eigenvalue weighted by Gasteiger charge is 2.39. The Balaban J connectivity index is 1.85. The zero-order valence-electron chi connectivity index (χ0n) is 21.8. The van der Waals surface area contributed by atoms with Gasteiger partial charge in [-0.15, -0.1) is 0 Å². The molecule has 0 unspecified atom stereocenters. The molecule has 2 aromatic carbocycles. The van der Waals surface area contributed by atoms with Gasteiger partial charge < -0.3 is 4.42 Å². The van der Waals surface area contributed by atoms with Crippen LogP contribution in [0.5, 0.6) is 0 Å². The number of pyridine rings is 1. The SMILES string of the molecule is Cc1ccc2c(oc3ccc4c(c32)C(C)(C)CCC4(C)C)c1-c1ccc(C(C)(C)C)c[n+]1C. The first-order valence-electron chi connectivity index (χ1n) is 12.3. The lowest BCUT2D eigenvalue weighted by molar-refractivity contribution is -0.661. The minimum atomic E-state index is 0.119. The fourth-order valence-electron chi connectivity index (χ4n) is 5.81. The number of aryl methyl sites for hydroxylation is 2. The zero-order valence-corrected chi connectivity index (χ0v) is 21.8. The van der Waals surface area contributed by atoms with Gasteiger partial charge in [0.15, 0.2) is 6.20 Å². The van der Waals surface area contributed by atoms with Crippen LogP contribution >= 0.6 is 0 Å². The average Bonchev–Trinajstić information content (AvgIpc) is 3.09. The third-order valence-electron chi connectivity index (χ3n) is 8.05. The van der Waals surface area contributed by atoms with Gasteiger partial charge in [0.1, 0.15) is 18.2 Å². The third-order valence-corrected chi connectivity index (χ3v) is 8.05. The Morgan fingerprint density at radius 1 is 0.879 bits per heavy atom. The van der Waals surface area contributed by atoms with Gasteiger partial charge in [0, 0.05) is 22.4 Å². The van der Waals surface area contributed by atoms with Crippen molar-refractivity contribution in [3.05, 3.63) is 64.8 Å². The molecule has 33 heavy (non-hydrogen) atoms. The van der Waals surface area contributed by atoms with Crippen molar-refractivity contribution in [2.45, 2.75) is 84.5 Å². The van der Waals surface area contributed by atoms with E-state index in [1.165, 1.54) is 57.1 Å². The molecule has 0 bridgehead atoms. The molecule has 0 saturated carbocycles. The summed E-state index contributed by atoms with van der Waals surface area (Å²) in [5.41, 5.74) is 10.4. The highest BCUT2D eigenvalue weighted by Crippen LogP contribution is 2.51.